The Balaban J connectivity index is 1.35. The van der Waals surface area contributed by atoms with Crippen LogP contribution in [-0.2, 0) is 55.9 Å². The Labute approximate surface area is 336 Å². The van der Waals surface area contributed by atoms with E-state index in [1.54, 1.807) is 67.6 Å². The fraction of sp³-hybridized carbons (Fsp3) is 0.386. The van der Waals surface area contributed by atoms with Gasteiger partial charge >= 0.3 is 17.9 Å². The highest BCUT2D eigenvalue weighted by Gasteiger charge is 2.53. The summed E-state index contributed by atoms with van der Waals surface area (Å²) in [5, 5.41) is 4.14. The van der Waals surface area contributed by atoms with E-state index >= 15 is 0 Å². The Morgan fingerprint density at radius 2 is 1.16 bits per heavy atom. The lowest BCUT2D eigenvalue weighted by Gasteiger charge is -2.49. The number of ether oxygens (including phenoxy) is 8. The van der Waals surface area contributed by atoms with Crippen molar-refractivity contribution in [2.45, 2.75) is 89.0 Å². The molecule has 2 aliphatic rings. The van der Waals surface area contributed by atoms with Gasteiger partial charge in [0.25, 0.3) is 0 Å². The molecule has 304 valence electrons. The van der Waals surface area contributed by atoms with E-state index in [-0.39, 0.29) is 26.4 Å². The first-order valence-electron chi connectivity index (χ1n) is 19.1. The number of hydrogen-bond donors (Lipinski definition) is 0. The van der Waals surface area contributed by atoms with Crippen molar-refractivity contribution >= 4 is 17.9 Å². The molecule has 4 aromatic carbocycles. The molecule has 10 atom stereocenters. The molecular weight excluding hydrogens is 746 g/mol. The molecule has 0 bridgehead atoms. The molecule has 58 heavy (non-hydrogen) atoms. The standard InChI is InChI=1S/C44H47N3O11/c1-28-35(26-54-42(49)33-20-12-6-13-21-33)56-44(37(46-47-45)38(28)52-24-31-16-8-4-9-17-31)58-40-36(27-51-30(3)48)55-29(2)39(57-43(50)34-22-14-7-15-23-34)41(40)53-25-32-18-10-5-11-19-32/h4-23,28-29,35-41,44H,24-27H2,1-3H3/t28?,29?,35?,36-,37+,38-,39?,40+,41?,44?/m0/s1. The third-order valence-electron chi connectivity index (χ3n) is 10.0. The summed E-state index contributed by atoms with van der Waals surface area (Å²) in [6.07, 6.45) is -7.92. The lowest BCUT2D eigenvalue weighted by atomic mass is 9.89. The van der Waals surface area contributed by atoms with Crippen molar-refractivity contribution in [1.29, 1.82) is 0 Å². The first-order valence-corrected chi connectivity index (χ1v) is 19.1. The fourth-order valence-electron chi connectivity index (χ4n) is 7.00. The summed E-state index contributed by atoms with van der Waals surface area (Å²) in [4.78, 5) is 42.0. The molecule has 0 spiro atoms. The van der Waals surface area contributed by atoms with E-state index in [2.05, 4.69) is 10.0 Å². The third-order valence-corrected chi connectivity index (χ3v) is 10.0. The van der Waals surface area contributed by atoms with Crippen LogP contribution >= 0.6 is 0 Å². The molecule has 14 heteroatoms. The second-order valence-corrected chi connectivity index (χ2v) is 14.1. The summed E-state index contributed by atoms with van der Waals surface area (Å²) in [6, 6.07) is 34.9. The van der Waals surface area contributed by atoms with Gasteiger partial charge in [-0.25, -0.2) is 9.59 Å². The maximum absolute atomic E-state index is 13.6. The van der Waals surface area contributed by atoms with Crippen LogP contribution in [-0.4, -0.2) is 86.2 Å². The van der Waals surface area contributed by atoms with Gasteiger partial charge in [-0.15, -0.1) is 0 Å². The monoisotopic (exact) mass is 793 g/mol. The van der Waals surface area contributed by atoms with Crippen LogP contribution in [0.2, 0.25) is 0 Å². The van der Waals surface area contributed by atoms with Crippen molar-refractivity contribution in [1.82, 2.24) is 0 Å². The van der Waals surface area contributed by atoms with E-state index in [4.69, 9.17) is 37.9 Å². The van der Waals surface area contributed by atoms with Gasteiger partial charge in [-0.3, -0.25) is 4.79 Å². The van der Waals surface area contributed by atoms with E-state index in [0.717, 1.165) is 11.1 Å². The number of esters is 3. The molecule has 0 aliphatic carbocycles. The van der Waals surface area contributed by atoms with E-state index in [0.29, 0.717) is 11.1 Å². The number of carbonyl (C=O) groups is 3. The van der Waals surface area contributed by atoms with Crippen molar-refractivity contribution in [3.05, 3.63) is 154 Å². The van der Waals surface area contributed by atoms with Crippen LogP contribution in [0.1, 0.15) is 52.6 Å². The number of rotatable bonds is 16. The molecule has 0 amide bonds. The fourth-order valence-corrected chi connectivity index (χ4v) is 7.00. The minimum absolute atomic E-state index is 0.0843. The Morgan fingerprint density at radius 1 is 0.638 bits per heavy atom. The molecule has 0 saturated carbocycles. The van der Waals surface area contributed by atoms with Gasteiger partial charge in [-0.1, -0.05) is 109 Å². The molecule has 2 saturated heterocycles. The van der Waals surface area contributed by atoms with Gasteiger partial charge in [0.15, 0.2) is 12.4 Å². The minimum Gasteiger partial charge on any atom is -0.463 e. The van der Waals surface area contributed by atoms with Gasteiger partial charge in [0.2, 0.25) is 0 Å². The smallest absolute Gasteiger partial charge is 0.338 e. The molecule has 2 heterocycles. The summed E-state index contributed by atoms with van der Waals surface area (Å²) in [5.74, 6) is -2.21. The van der Waals surface area contributed by atoms with Crippen LogP contribution in [0.5, 0.6) is 0 Å². The van der Waals surface area contributed by atoms with Gasteiger partial charge < -0.3 is 37.9 Å². The summed E-state index contributed by atoms with van der Waals surface area (Å²) in [6.45, 7) is 4.66. The van der Waals surface area contributed by atoms with Crippen molar-refractivity contribution < 1.29 is 52.3 Å². The van der Waals surface area contributed by atoms with Crippen molar-refractivity contribution in [3.8, 4) is 0 Å². The van der Waals surface area contributed by atoms with Crippen LogP contribution in [0.15, 0.2) is 126 Å². The first kappa shape index (κ1) is 42.0. The molecule has 0 radical (unpaired) electrons. The second kappa shape index (κ2) is 20.7. The van der Waals surface area contributed by atoms with Gasteiger partial charge in [0.1, 0.15) is 37.6 Å². The highest BCUT2D eigenvalue weighted by Crippen LogP contribution is 2.37. The zero-order valence-corrected chi connectivity index (χ0v) is 32.5. The molecule has 0 aromatic heterocycles. The van der Waals surface area contributed by atoms with Crippen LogP contribution in [0, 0.1) is 5.92 Å². The zero-order valence-electron chi connectivity index (χ0n) is 32.5. The molecule has 2 aliphatic heterocycles. The topological polar surface area (TPSA) is 174 Å². The third kappa shape index (κ3) is 11.1. The molecule has 4 aromatic rings. The highest BCUT2D eigenvalue weighted by molar-refractivity contribution is 5.89. The van der Waals surface area contributed by atoms with Gasteiger partial charge in [-0.05, 0) is 47.8 Å². The van der Waals surface area contributed by atoms with E-state index in [1.165, 1.54) is 6.92 Å². The Kier molecular flexibility index (Phi) is 15.0. The molecule has 6 rings (SSSR count). The average Bonchev–Trinajstić information content (AvgIpc) is 3.25. The molecule has 0 N–H and O–H groups in total. The normalized spacial score (nSPS) is 26.7. The lowest BCUT2D eigenvalue weighted by Crippen LogP contribution is -2.64. The molecule has 6 unspecified atom stereocenters. The average molecular weight is 794 g/mol. The summed E-state index contributed by atoms with van der Waals surface area (Å²) in [7, 11) is 0. The predicted molar refractivity (Wildman–Crippen MR) is 209 cm³/mol. The Bertz CT molecular complexity index is 1970. The van der Waals surface area contributed by atoms with Gasteiger partial charge in [-0.2, -0.15) is 0 Å². The van der Waals surface area contributed by atoms with E-state index < -0.39 is 78.9 Å². The molecule has 2 fully saturated rings. The van der Waals surface area contributed by atoms with Crippen LogP contribution in [0.25, 0.3) is 10.4 Å². The Hall–Kier alpha value is -5.60. The van der Waals surface area contributed by atoms with Crippen LogP contribution in [0.4, 0.5) is 0 Å². The van der Waals surface area contributed by atoms with E-state index in [9.17, 15) is 19.9 Å². The van der Waals surface area contributed by atoms with Gasteiger partial charge in [0.05, 0.1) is 42.7 Å². The van der Waals surface area contributed by atoms with Crippen LogP contribution in [0.3, 0.4) is 0 Å². The van der Waals surface area contributed by atoms with E-state index in [1.807, 2.05) is 67.6 Å². The quantitative estimate of drug-likeness (QED) is 0.0375. The molecular formula is C44H47N3O11. The second-order valence-electron chi connectivity index (χ2n) is 14.1. The largest absolute Gasteiger partial charge is 0.463 e. The van der Waals surface area contributed by atoms with Crippen molar-refractivity contribution in [2.75, 3.05) is 13.2 Å². The maximum Gasteiger partial charge on any atom is 0.338 e. The predicted octanol–water partition coefficient (Wildman–Crippen LogP) is 7.02. The first-order chi connectivity index (χ1) is 28.2. The van der Waals surface area contributed by atoms with Gasteiger partial charge in [0, 0.05) is 17.8 Å². The van der Waals surface area contributed by atoms with Crippen molar-refractivity contribution in [3.63, 3.8) is 0 Å². The number of azide groups is 1. The van der Waals surface area contributed by atoms with Crippen molar-refractivity contribution in [2.24, 2.45) is 11.0 Å². The number of nitrogens with zero attached hydrogens (tertiary/aromatic N) is 3. The SMILES string of the molecule is CC(=O)OC[C@@H]1OC(C)C(OC(=O)c2ccccc2)C(OCc2ccccc2)[C@@H]1OC1OC(COC(=O)c2ccccc2)C(C)[C@H](OCc2ccccc2)[C@H]1N=[N+]=[N-]. The van der Waals surface area contributed by atoms with Crippen LogP contribution < -0.4 is 0 Å². The lowest BCUT2D eigenvalue weighted by molar-refractivity contribution is -0.321. The number of carbonyl (C=O) groups excluding carboxylic acids is 3. The Morgan fingerprint density at radius 3 is 1.71 bits per heavy atom. The maximum atomic E-state index is 13.6. The molecule has 14 nitrogen and oxygen atoms in total. The highest BCUT2D eigenvalue weighted by atomic mass is 16.7. The number of benzene rings is 4. The number of hydrogen-bond acceptors (Lipinski definition) is 12. The summed E-state index contributed by atoms with van der Waals surface area (Å²) < 4.78 is 50.2. The zero-order chi connectivity index (χ0) is 40.9. The summed E-state index contributed by atoms with van der Waals surface area (Å²) >= 11 is 0. The minimum atomic E-state index is -1.34. The summed E-state index contributed by atoms with van der Waals surface area (Å²) in [5.41, 5.74) is 12.3.